The maximum atomic E-state index is 11.3. The van der Waals surface area contributed by atoms with Crippen LogP contribution in [0.4, 0.5) is 5.69 Å². The number of nitro groups is 1. The van der Waals surface area contributed by atoms with E-state index in [4.69, 9.17) is 5.53 Å². The average Bonchev–Trinajstić information content (AvgIpc) is 2.17. The minimum absolute atomic E-state index is 0.324. The molecule has 0 radical (unpaired) electrons. The van der Waals surface area contributed by atoms with Crippen molar-refractivity contribution in [2.75, 3.05) is 0 Å². The molecule has 0 atom stereocenters. The molecular formula is C7H6N4O4S. The Bertz CT molecular complexity index is 588. The molecule has 0 fully saturated rings. The molecule has 1 aromatic rings. The quantitative estimate of drug-likeness (QED) is 0.263. The van der Waals surface area contributed by atoms with E-state index in [1.54, 1.807) is 0 Å². The molecule has 0 N–H and O–H groups in total. The van der Waals surface area contributed by atoms with Crippen LogP contribution in [0.1, 0.15) is 5.56 Å². The highest BCUT2D eigenvalue weighted by molar-refractivity contribution is 7.90. The number of aryl methyl sites for hydroxylation is 1. The van der Waals surface area contributed by atoms with Crippen LogP contribution in [0.3, 0.4) is 0 Å². The van der Waals surface area contributed by atoms with Crippen LogP contribution in [0.2, 0.25) is 0 Å². The highest BCUT2D eigenvalue weighted by atomic mass is 32.2. The third-order valence-corrected chi connectivity index (χ3v) is 2.96. The molecule has 0 heterocycles. The first-order valence-electron chi connectivity index (χ1n) is 3.95. The number of hydrogen-bond donors (Lipinski definition) is 0. The molecule has 0 saturated heterocycles. The van der Waals surface area contributed by atoms with Gasteiger partial charge in [-0.2, -0.15) is 0 Å². The zero-order chi connectivity index (χ0) is 12.3. The molecule has 0 spiro atoms. The number of benzene rings is 1. The van der Waals surface area contributed by atoms with E-state index in [1.165, 1.54) is 13.0 Å². The summed E-state index contributed by atoms with van der Waals surface area (Å²) in [5.41, 5.74) is 8.03. The number of nitro benzene ring substituents is 1. The third kappa shape index (κ3) is 2.27. The van der Waals surface area contributed by atoms with Crippen LogP contribution in [0.25, 0.3) is 10.4 Å². The van der Waals surface area contributed by atoms with Gasteiger partial charge in [-0.1, -0.05) is 6.07 Å². The lowest BCUT2D eigenvalue weighted by molar-refractivity contribution is -0.385. The van der Waals surface area contributed by atoms with Gasteiger partial charge < -0.3 is 0 Å². The van der Waals surface area contributed by atoms with Crippen LogP contribution in [0.5, 0.6) is 0 Å². The molecule has 84 valence electrons. The standard InChI is InChI=1S/C7H6N4O4S/c1-5-2-3-6(4-7(5)11(12)13)16(14,15)10-9-8/h2-4H,1H3. The Hall–Kier alpha value is -2.12. The van der Waals surface area contributed by atoms with Crippen LogP contribution in [0, 0.1) is 17.0 Å². The van der Waals surface area contributed by atoms with Crippen molar-refractivity contribution in [3.05, 3.63) is 44.3 Å². The van der Waals surface area contributed by atoms with Gasteiger partial charge >= 0.3 is 0 Å². The summed E-state index contributed by atoms with van der Waals surface area (Å²) in [6.07, 6.45) is 0. The number of hydrogen-bond acceptors (Lipinski definition) is 4. The smallest absolute Gasteiger partial charge is 0.258 e. The second-order valence-electron chi connectivity index (χ2n) is 2.85. The minimum atomic E-state index is -4.18. The molecule has 0 bridgehead atoms. The van der Waals surface area contributed by atoms with Crippen molar-refractivity contribution in [3.63, 3.8) is 0 Å². The Kier molecular flexibility index (Phi) is 3.11. The van der Waals surface area contributed by atoms with Crippen molar-refractivity contribution in [2.45, 2.75) is 11.8 Å². The lowest BCUT2D eigenvalue weighted by atomic mass is 10.2. The van der Waals surface area contributed by atoms with Gasteiger partial charge in [-0.25, -0.2) is 8.42 Å². The largest absolute Gasteiger partial charge is 0.273 e. The van der Waals surface area contributed by atoms with Crippen molar-refractivity contribution in [3.8, 4) is 0 Å². The van der Waals surface area contributed by atoms with Crippen LogP contribution in [-0.4, -0.2) is 13.3 Å². The highest BCUT2D eigenvalue weighted by Crippen LogP contribution is 2.23. The van der Waals surface area contributed by atoms with Crippen molar-refractivity contribution >= 4 is 15.7 Å². The lowest BCUT2D eigenvalue weighted by Crippen LogP contribution is -1.98. The van der Waals surface area contributed by atoms with E-state index in [-0.39, 0.29) is 5.69 Å². The molecule has 16 heavy (non-hydrogen) atoms. The molecular weight excluding hydrogens is 236 g/mol. The van der Waals surface area contributed by atoms with E-state index in [2.05, 4.69) is 9.43 Å². The zero-order valence-electron chi connectivity index (χ0n) is 8.06. The summed E-state index contributed by atoms with van der Waals surface area (Å²) < 4.78 is 25.1. The first-order chi connectivity index (χ1) is 7.38. The Morgan fingerprint density at radius 2 is 2.12 bits per heavy atom. The number of sulfonamides is 1. The minimum Gasteiger partial charge on any atom is -0.258 e. The maximum absolute atomic E-state index is 11.3. The topological polar surface area (TPSA) is 126 Å². The Morgan fingerprint density at radius 3 is 2.62 bits per heavy atom. The van der Waals surface area contributed by atoms with Gasteiger partial charge in [-0.15, -0.1) is 0 Å². The summed E-state index contributed by atoms with van der Waals surface area (Å²) in [5, 5.41) is 10.6. The fraction of sp³-hybridized carbons (Fsp3) is 0.143. The second kappa shape index (κ2) is 4.17. The Balaban J connectivity index is 3.45. The molecule has 0 amide bonds. The van der Waals surface area contributed by atoms with Crippen molar-refractivity contribution in [1.82, 2.24) is 0 Å². The lowest BCUT2D eigenvalue weighted by Gasteiger charge is -1.99. The molecule has 1 rings (SSSR count). The van der Waals surface area contributed by atoms with Crippen molar-refractivity contribution in [2.24, 2.45) is 4.52 Å². The summed E-state index contributed by atoms with van der Waals surface area (Å²) in [4.78, 5) is 11.6. The summed E-state index contributed by atoms with van der Waals surface area (Å²) in [5.74, 6) is 0. The summed E-state index contributed by atoms with van der Waals surface area (Å²) in [6.45, 7) is 1.47. The van der Waals surface area contributed by atoms with Crippen LogP contribution >= 0.6 is 0 Å². The van der Waals surface area contributed by atoms with E-state index in [0.717, 1.165) is 12.1 Å². The van der Waals surface area contributed by atoms with E-state index < -0.39 is 19.8 Å². The van der Waals surface area contributed by atoms with E-state index in [0.29, 0.717) is 5.56 Å². The van der Waals surface area contributed by atoms with Gasteiger partial charge in [0, 0.05) is 21.1 Å². The monoisotopic (exact) mass is 242 g/mol. The van der Waals surface area contributed by atoms with E-state index >= 15 is 0 Å². The maximum Gasteiger partial charge on any atom is 0.273 e. The fourth-order valence-corrected chi connectivity index (χ4v) is 1.73. The zero-order valence-corrected chi connectivity index (χ0v) is 8.88. The summed E-state index contributed by atoms with van der Waals surface area (Å²) >= 11 is 0. The molecule has 0 unspecified atom stereocenters. The van der Waals surface area contributed by atoms with Crippen LogP contribution in [0.15, 0.2) is 27.6 Å². The molecule has 0 aliphatic heterocycles. The molecule has 0 saturated carbocycles. The van der Waals surface area contributed by atoms with Gasteiger partial charge in [0.2, 0.25) is 0 Å². The third-order valence-electron chi connectivity index (χ3n) is 1.82. The van der Waals surface area contributed by atoms with Gasteiger partial charge in [-0.3, -0.25) is 10.1 Å². The predicted octanol–water partition coefficient (Wildman–Crippen LogP) is 1.90. The van der Waals surface area contributed by atoms with E-state index in [9.17, 15) is 18.5 Å². The van der Waals surface area contributed by atoms with Gasteiger partial charge in [0.25, 0.3) is 15.7 Å². The van der Waals surface area contributed by atoms with Crippen molar-refractivity contribution < 1.29 is 13.3 Å². The van der Waals surface area contributed by atoms with Crippen LogP contribution in [-0.2, 0) is 10.0 Å². The number of nitrogens with zero attached hydrogens (tertiary/aromatic N) is 4. The normalized spacial score (nSPS) is 10.6. The van der Waals surface area contributed by atoms with Crippen LogP contribution < -0.4 is 0 Å². The molecule has 8 nitrogen and oxygen atoms in total. The second-order valence-corrected chi connectivity index (χ2v) is 4.44. The number of azide groups is 1. The summed E-state index contributed by atoms with van der Waals surface area (Å²) in [6, 6.07) is 3.28. The first kappa shape index (κ1) is 12.0. The molecule has 9 heteroatoms. The first-order valence-corrected chi connectivity index (χ1v) is 5.39. The van der Waals surface area contributed by atoms with Gasteiger partial charge in [0.1, 0.15) is 0 Å². The van der Waals surface area contributed by atoms with Crippen molar-refractivity contribution in [1.29, 1.82) is 0 Å². The molecule has 1 aromatic carbocycles. The average molecular weight is 242 g/mol. The Morgan fingerprint density at radius 1 is 1.50 bits per heavy atom. The Labute approximate surface area is 90.3 Å². The fourth-order valence-electron chi connectivity index (χ4n) is 1.04. The highest BCUT2D eigenvalue weighted by Gasteiger charge is 2.18. The SMILES string of the molecule is Cc1ccc(S(=O)(=O)N=[N+]=[N-])cc1[N+](=O)[O-]. The molecule has 0 aliphatic rings. The van der Waals surface area contributed by atoms with Gasteiger partial charge in [-0.05, 0) is 18.5 Å². The molecule has 0 aliphatic carbocycles. The van der Waals surface area contributed by atoms with Gasteiger partial charge in [0.05, 0.1) is 9.82 Å². The molecule has 0 aromatic heterocycles. The van der Waals surface area contributed by atoms with E-state index in [1.807, 2.05) is 0 Å². The predicted molar refractivity (Wildman–Crippen MR) is 54.2 cm³/mol. The summed E-state index contributed by atoms with van der Waals surface area (Å²) in [7, 11) is -4.18. The van der Waals surface area contributed by atoms with Gasteiger partial charge in [0.15, 0.2) is 0 Å². The number of rotatable bonds is 3.